The highest BCUT2D eigenvalue weighted by Gasteiger charge is 2.28. The average Bonchev–Trinajstić information content (AvgIpc) is 3.53. The van der Waals surface area contributed by atoms with Crippen molar-refractivity contribution in [2.75, 3.05) is 43.1 Å². The van der Waals surface area contributed by atoms with E-state index in [1.807, 2.05) is 17.0 Å². The molecule has 1 aliphatic heterocycles. The fourth-order valence-corrected chi connectivity index (χ4v) is 3.99. The summed E-state index contributed by atoms with van der Waals surface area (Å²) in [6, 6.07) is 8.50. The Morgan fingerprint density at radius 2 is 1.82 bits per heavy atom. The fraction of sp³-hybridized carbons (Fsp3) is 0.400. The van der Waals surface area contributed by atoms with Gasteiger partial charge in [-0.25, -0.2) is 4.39 Å². The first-order valence-corrected chi connectivity index (χ1v) is 9.67. The van der Waals surface area contributed by atoms with Gasteiger partial charge in [0, 0.05) is 43.0 Å². The van der Waals surface area contributed by atoms with Crippen molar-refractivity contribution in [2.45, 2.75) is 18.8 Å². The van der Waals surface area contributed by atoms with Crippen LogP contribution in [0, 0.1) is 15.9 Å². The molecule has 0 amide bonds. The van der Waals surface area contributed by atoms with Gasteiger partial charge in [-0.2, -0.15) is 0 Å². The molecule has 0 aromatic heterocycles. The second-order valence-corrected chi connectivity index (χ2v) is 7.59. The van der Waals surface area contributed by atoms with Crippen LogP contribution in [0.2, 0.25) is 5.02 Å². The van der Waals surface area contributed by atoms with E-state index < -0.39 is 10.7 Å². The molecule has 0 unspecified atom stereocenters. The molecular formula is C20H21ClFN3O3. The molecule has 0 spiro atoms. The van der Waals surface area contributed by atoms with E-state index in [1.54, 1.807) is 0 Å². The zero-order valence-electron chi connectivity index (χ0n) is 15.5. The number of rotatable bonds is 5. The lowest BCUT2D eigenvalue weighted by molar-refractivity contribution is -0.385. The molecule has 0 bridgehead atoms. The molecular weight excluding hydrogens is 385 g/mol. The van der Waals surface area contributed by atoms with E-state index in [0.29, 0.717) is 24.7 Å². The largest absolute Gasteiger partial charge is 0.490 e. The van der Waals surface area contributed by atoms with Gasteiger partial charge in [-0.3, -0.25) is 10.1 Å². The van der Waals surface area contributed by atoms with Gasteiger partial charge < -0.3 is 14.5 Å². The molecule has 1 saturated heterocycles. The summed E-state index contributed by atoms with van der Waals surface area (Å²) in [6.07, 6.45) is 2.39. The third-order valence-electron chi connectivity index (χ3n) is 5.43. The monoisotopic (exact) mass is 405 g/mol. The molecule has 2 aromatic rings. The summed E-state index contributed by atoms with van der Waals surface area (Å²) in [5, 5.41) is 11.9. The molecule has 1 heterocycles. The minimum absolute atomic E-state index is 0.0654. The number of piperazine rings is 1. The van der Waals surface area contributed by atoms with Crippen LogP contribution in [0.15, 0.2) is 30.3 Å². The van der Waals surface area contributed by atoms with Crippen LogP contribution in [0.4, 0.5) is 21.5 Å². The van der Waals surface area contributed by atoms with Gasteiger partial charge in [-0.15, -0.1) is 0 Å². The SMILES string of the molecule is COc1cc(N2CCN(c3ccc(Cl)c(C4CC4)c3)CC2)c(F)cc1[N+](=O)[O-]. The molecule has 6 nitrogen and oxygen atoms in total. The van der Waals surface area contributed by atoms with Crippen LogP contribution in [0.5, 0.6) is 5.75 Å². The number of nitrogens with zero attached hydrogens (tertiary/aromatic N) is 3. The number of nitro groups is 1. The number of hydrogen-bond donors (Lipinski definition) is 0. The zero-order chi connectivity index (χ0) is 19.8. The first-order chi connectivity index (χ1) is 13.5. The minimum atomic E-state index is -0.637. The van der Waals surface area contributed by atoms with E-state index in [9.17, 15) is 14.5 Å². The lowest BCUT2D eigenvalue weighted by atomic mass is 10.1. The van der Waals surface area contributed by atoms with Crippen LogP contribution in [-0.4, -0.2) is 38.2 Å². The normalized spacial score (nSPS) is 17.0. The molecule has 1 saturated carbocycles. The third-order valence-corrected chi connectivity index (χ3v) is 5.77. The number of halogens is 2. The van der Waals surface area contributed by atoms with Crippen molar-refractivity contribution in [3.63, 3.8) is 0 Å². The number of anilines is 2. The molecule has 0 atom stereocenters. The van der Waals surface area contributed by atoms with Crippen LogP contribution in [-0.2, 0) is 0 Å². The smallest absolute Gasteiger partial charge is 0.313 e. The Labute approximate surface area is 167 Å². The standard InChI is InChI=1S/C20H21ClFN3O3/c1-28-20-12-18(17(22)11-19(20)25(26)27)24-8-6-23(7-9-24)14-4-5-16(21)15(10-14)13-2-3-13/h4-5,10-13H,2-3,6-9H2,1H3. The molecule has 1 aliphatic carbocycles. The predicted octanol–water partition coefficient (Wildman–Crippen LogP) is 4.60. The Morgan fingerprint density at radius 1 is 1.14 bits per heavy atom. The Hall–Kier alpha value is -2.54. The van der Waals surface area contributed by atoms with E-state index in [-0.39, 0.29) is 11.4 Å². The first-order valence-electron chi connectivity index (χ1n) is 9.29. The molecule has 28 heavy (non-hydrogen) atoms. The molecule has 2 aromatic carbocycles. The number of nitro benzene ring substituents is 1. The van der Waals surface area contributed by atoms with Crippen molar-refractivity contribution in [2.24, 2.45) is 0 Å². The topological polar surface area (TPSA) is 58.8 Å². The second-order valence-electron chi connectivity index (χ2n) is 7.19. The quantitative estimate of drug-likeness (QED) is 0.537. The van der Waals surface area contributed by atoms with Crippen LogP contribution >= 0.6 is 11.6 Å². The molecule has 0 radical (unpaired) electrons. The maximum atomic E-state index is 14.5. The van der Waals surface area contributed by atoms with Crippen LogP contribution in [0.3, 0.4) is 0 Å². The molecule has 4 rings (SSSR count). The van der Waals surface area contributed by atoms with Crippen LogP contribution < -0.4 is 14.5 Å². The van der Waals surface area contributed by atoms with Gasteiger partial charge >= 0.3 is 5.69 Å². The number of benzene rings is 2. The van der Waals surface area contributed by atoms with Crippen molar-refractivity contribution in [3.8, 4) is 5.75 Å². The van der Waals surface area contributed by atoms with Crippen molar-refractivity contribution in [1.29, 1.82) is 0 Å². The number of hydrogen-bond acceptors (Lipinski definition) is 5. The van der Waals surface area contributed by atoms with Gasteiger partial charge in [-0.05, 0) is 42.5 Å². The maximum absolute atomic E-state index is 14.5. The lowest BCUT2D eigenvalue weighted by Gasteiger charge is -2.37. The maximum Gasteiger partial charge on any atom is 0.313 e. The average molecular weight is 406 g/mol. The van der Waals surface area contributed by atoms with Crippen molar-refractivity contribution in [3.05, 3.63) is 56.8 Å². The summed E-state index contributed by atoms with van der Waals surface area (Å²) < 4.78 is 19.6. The summed E-state index contributed by atoms with van der Waals surface area (Å²) in [5.41, 5.74) is 2.31. The van der Waals surface area contributed by atoms with E-state index in [1.165, 1.54) is 31.6 Å². The van der Waals surface area contributed by atoms with Crippen molar-refractivity contribution < 1.29 is 14.1 Å². The van der Waals surface area contributed by atoms with Gasteiger partial charge in [0.2, 0.25) is 0 Å². The van der Waals surface area contributed by atoms with E-state index in [4.69, 9.17) is 16.3 Å². The van der Waals surface area contributed by atoms with E-state index in [0.717, 1.165) is 29.9 Å². The van der Waals surface area contributed by atoms with Crippen LogP contribution in [0.1, 0.15) is 24.3 Å². The zero-order valence-corrected chi connectivity index (χ0v) is 16.3. The highest BCUT2D eigenvalue weighted by atomic mass is 35.5. The Kier molecular flexibility index (Phi) is 5.02. The summed E-state index contributed by atoms with van der Waals surface area (Å²) in [6.45, 7) is 2.67. The Morgan fingerprint density at radius 3 is 2.43 bits per heavy atom. The summed E-state index contributed by atoms with van der Waals surface area (Å²) in [7, 11) is 1.35. The van der Waals surface area contributed by atoms with E-state index >= 15 is 0 Å². The van der Waals surface area contributed by atoms with Gasteiger partial charge in [-0.1, -0.05) is 11.6 Å². The molecule has 0 N–H and O–H groups in total. The Balaban J connectivity index is 1.50. The van der Waals surface area contributed by atoms with Gasteiger partial charge in [0.25, 0.3) is 0 Å². The molecule has 8 heteroatoms. The number of methoxy groups -OCH3 is 1. The van der Waals surface area contributed by atoms with E-state index in [2.05, 4.69) is 11.0 Å². The minimum Gasteiger partial charge on any atom is -0.490 e. The van der Waals surface area contributed by atoms with Gasteiger partial charge in [0.1, 0.15) is 0 Å². The van der Waals surface area contributed by atoms with Crippen molar-refractivity contribution in [1.82, 2.24) is 0 Å². The summed E-state index contributed by atoms with van der Waals surface area (Å²) in [4.78, 5) is 14.6. The predicted molar refractivity (Wildman–Crippen MR) is 107 cm³/mol. The molecule has 2 aliphatic rings. The van der Waals surface area contributed by atoms with Crippen molar-refractivity contribution >= 4 is 28.7 Å². The summed E-state index contributed by atoms with van der Waals surface area (Å²) in [5.74, 6) is 0.0366. The number of ether oxygens (including phenoxy) is 1. The molecule has 2 fully saturated rings. The molecule has 148 valence electrons. The van der Waals surface area contributed by atoms with Gasteiger partial charge in [0.05, 0.1) is 23.8 Å². The fourth-order valence-electron chi connectivity index (χ4n) is 3.72. The highest BCUT2D eigenvalue weighted by Crippen LogP contribution is 2.44. The van der Waals surface area contributed by atoms with Gasteiger partial charge in [0.15, 0.2) is 11.6 Å². The lowest BCUT2D eigenvalue weighted by Crippen LogP contribution is -2.46. The highest BCUT2D eigenvalue weighted by molar-refractivity contribution is 6.31. The second kappa shape index (κ2) is 7.47. The summed E-state index contributed by atoms with van der Waals surface area (Å²) >= 11 is 6.33. The third kappa shape index (κ3) is 3.58. The first kappa shape index (κ1) is 18.8. The van der Waals surface area contributed by atoms with Crippen LogP contribution in [0.25, 0.3) is 0 Å². The Bertz CT molecular complexity index is 912.